The highest BCUT2D eigenvalue weighted by molar-refractivity contribution is 6.03. The van der Waals surface area contributed by atoms with Crippen molar-refractivity contribution >= 4 is 22.7 Å². The van der Waals surface area contributed by atoms with Gasteiger partial charge in [-0.3, -0.25) is 0 Å². The second kappa shape index (κ2) is 6.52. The third-order valence-electron chi connectivity index (χ3n) is 6.20. The van der Waals surface area contributed by atoms with Crippen molar-refractivity contribution in [2.75, 3.05) is 5.32 Å². The normalized spacial score (nSPS) is 28.7. The van der Waals surface area contributed by atoms with Crippen LogP contribution in [0.4, 0.5) is 5.82 Å². The molecule has 3 heterocycles. The van der Waals surface area contributed by atoms with E-state index >= 15 is 0 Å². The number of benzene rings is 1. The molecule has 1 aliphatic heterocycles. The average Bonchev–Trinajstić information content (AvgIpc) is 3.28. The lowest BCUT2D eigenvalue weighted by Gasteiger charge is -2.36. The molecule has 148 valence electrons. The molecule has 2 N–H and O–H groups in total. The Morgan fingerprint density at radius 1 is 1.03 bits per heavy atom. The fourth-order valence-electron chi connectivity index (χ4n) is 4.57. The number of hydrogen-bond donors (Lipinski definition) is 2. The lowest BCUT2D eigenvalue weighted by molar-refractivity contribution is -0.0444. The monoisotopic (exact) mass is 390 g/mol. The Bertz CT molecular complexity index is 1080. The summed E-state index contributed by atoms with van der Waals surface area (Å²) in [6.07, 6.45) is 6.48. The van der Waals surface area contributed by atoms with Crippen LogP contribution in [0.3, 0.4) is 0 Å². The van der Waals surface area contributed by atoms with E-state index in [0.717, 1.165) is 34.7 Å². The second-order valence-corrected chi connectivity index (χ2v) is 8.12. The molecule has 8 heteroatoms. The number of aliphatic hydroxyl groups is 1. The number of hydrogen-bond acceptors (Lipinski definition) is 7. The third-order valence-corrected chi connectivity index (χ3v) is 6.20. The van der Waals surface area contributed by atoms with Crippen molar-refractivity contribution in [3.05, 3.63) is 48.5 Å². The van der Waals surface area contributed by atoms with Crippen LogP contribution in [0.15, 0.2) is 48.1 Å². The Kier molecular flexibility index (Phi) is 3.80. The van der Waals surface area contributed by atoms with E-state index in [1.165, 1.54) is 12.8 Å². The van der Waals surface area contributed by atoms with E-state index in [-0.39, 0.29) is 18.1 Å². The van der Waals surface area contributed by atoms with Gasteiger partial charge in [0.2, 0.25) is 0 Å². The number of aliphatic hydroxyl groups excluding tert-OH is 1. The van der Waals surface area contributed by atoms with E-state index in [2.05, 4.69) is 30.0 Å². The van der Waals surface area contributed by atoms with Gasteiger partial charge in [0.1, 0.15) is 11.8 Å². The Hall–Kier alpha value is -3.00. The SMILES string of the molecule is O[C@H]1CC[C@@H](n2cnc3c(NC4CC4)ncnc32)[C@@H]2ON=C(c3ccccc3)[C@@H]21. The quantitative estimate of drug-likeness (QED) is 0.710. The first-order valence-electron chi connectivity index (χ1n) is 10.2. The zero-order chi connectivity index (χ0) is 19.4. The maximum atomic E-state index is 10.8. The molecule has 4 atom stereocenters. The molecule has 6 rings (SSSR count). The summed E-state index contributed by atoms with van der Waals surface area (Å²) in [4.78, 5) is 19.4. The zero-order valence-electron chi connectivity index (χ0n) is 15.8. The van der Waals surface area contributed by atoms with Gasteiger partial charge in [-0.2, -0.15) is 0 Å². The maximum absolute atomic E-state index is 10.8. The summed E-state index contributed by atoms with van der Waals surface area (Å²) < 4.78 is 2.07. The topological polar surface area (TPSA) is 97.5 Å². The molecule has 2 fully saturated rings. The van der Waals surface area contributed by atoms with Gasteiger partial charge in [0.05, 0.1) is 30.1 Å². The van der Waals surface area contributed by atoms with Gasteiger partial charge in [-0.1, -0.05) is 35.5 Å². The molecule has 3 aromatic rings. The summed E-state index contributed by atoms with van der Waals surface area (Å²) in [5, 5.41) is 18.6. The van der Waals surface area contributed by atoms with Gasteiger partial charge in [-0.05, 0) is 31.2 Å². The van der Waals surface area contributed by atoms with Gasteiger partial charge in [0.25, 0.3) is 0 Å². The molecule has 0 unspecified atom stereocenters. The first kappa shape index (κ1) is 16.9. The van der Waals surface area contributed by atoms with Gasteiger partial charge >= 0.3 is 0 Å². The van der Waals surface area contributed by atoms with Crippen molar-refractivity contribution in [3.63, 3.8) is 0 Å². The van der Waals surface area contributed by atoms with Crippen molar-refractivity contribution in [1.29, 1.82) is 0 Å². The number of rotatable bonds is 4. The number of fused-ring (bicyclic) bond motifs is 2. The molecular weight excluding hydrogens is 368 g/mol. The van der Waals surface area contributed by atoms with Crippen molar-refractivity contribution in [2.24, 2.45) is 11.1 Å². The highest BCUT2D eigenvalue weighted by Crippen LogP contribution is 2.42. The molecule has 0 spiro atoms. The zero-order valence-corrected chi connectivity index (χ0v) is 15.8. The Labute approximate surface area is 167 Å². The predicted octanol–water partition coefficient (Wildman–Crippen LogP) is 2.52. The van der Waals surface area contributed by atoms with Crippen molar-refractivity contribution in [1.82, 2.24) is 19.5 Å². The van der Waals surface area contributed by atoms with Crippen LogP contribution in [0, 0.1) is 5.92 Å². The fourth-order valence-corrected chi connectivity index (χ4v) is 4.57. The summed E-state index contributed by atoms with van der Waals surface area (Å²) in [5.41, 5.74) is 3.39. The Morgan fingerprint density at radius 3 is 2.72 bits per heavy atom. The molecule has 8 nitrogen and oxygen atoms in total. The minimum Gasteiger partial charge on any atom is -0.392 e. The summed E-state index contributed by atoms with van der Waals surface area (Å²) in [6, 6.07) is 10.4. The first-order chi connectivity index (χ1) is 14.3. The van der Waals surface area contributed by atoms with Gasteiger partial charge in [-0.15, -0.1) is 0 Å². The van der Waals surface area contributed by atoms with Crippen LogP contribution in [0.25, 0.3) is 11.2 Å². The maximum Gasteiger partial charge on any atom is 0.165 e. The van der Waals surface area contributed by atoms with Gasteiger partial charge in [0, 0.05) is 6.04 Å². The minimum absolute atomic E-state index is 0.00189. The molecule has 0 bridgehead atoms. The number of imidazole rings is 1. The van der Waals surface area contributed by atoms with E-state index in [1.54, 1.807) is 6.33 Å². The molecule has 29 heavy (non-hydrogen) atoms. The predicted molar refractivity (Wildman–Crippen MR) is 108 cm³/mol. The number of nitrogens with zero attached hydrogens (tertiary/aromatic N) is 5. The van der Waals surface area contributed by atoms with Crippen molar-refractivity contribution < 1.29 is 9.94 Å². The van der Waals surface area contributed by atoms with Crippen LogP contribution in [0.1, 0.15) is 37.3 Å². The van der Waals surface area contributed by atoms with E-state index in [0.29, 0.717) is 12.5 Å². The van der Waals surface area contributed by atoms with Crippen LogP contribution in [-0.4, -0.2) is 48.6 Å². The highest BCUT2D eigenvalue weighted by Gasteiger charge is 2.48. The summed E-state index contributed by atoms with van der Waals surface area (Å²) in [7, 11) is 0. The lowest BCUT2D eigenvalue weighted by atomic mass is 9.77. The van der Waals surface area contributed by atoms with Crippen LogP contribution in [-0.2, 0) is 4.84 Å². The van der Waals surface area contributed by atoms with E-state index in [4.69, 9.17) is 4.84 Å². The molecule has 0 radical (unpaired) electrons. The van der Waals surface area contributed by atoms with Crippen LogP contribution in [0.2, 0.25) is 0 Å². The average molecular weight is 390 g/mol. The largest absolute Gasteiger partial charge is 0.392 e. The lowest BCUT2D eigenvalue weighted by Crippen LogP contribution is -2.44. The number of aromatic nitrogens is 4. The van der Waals surface area contributed by atoms with Gasteiger partial charge in [-0.25, -0.2) is 15.0 Å². The standard InChI is InChI=1S/C21H22N6O2/c28-15-9-8-14(19-16(15)17(26-29-19)12-4-2-1-3-5-12)27-11-24-18-20(25-13-6-7-13)22-10-23-21(18)27/h1-5,10-11,13-16,19,28H,6-9H2,(H,22,23,25)/t14-,15+,16+,19+/m1/s1. The minimum atomic E-state index is -0.478. The van der Waals surface area contributed by atoms with Gasteiger partial charge in [0.15, 0.2) is 17.6 Å². The molecule has 1 aromatic carbocycles. The number of anilines is 1. The Morgan fingerprint density at radius 2 is 1.90 bits per heavy atom. The second-order valence-electron chi connectivity index (χ2n) is 8.12. The highest BCUT2D eigenvalue weighted by atomic mass is 16.6. The molecule has 2 aromatic heterocycles. The van der Waals surface area contributed by atoms with Gasteiger partial charge < -0.3 is 19.8 Å². The van der Waals surface area contributed by atoms with Crippen LogP contribution in [0.5, 0.6) is 0 Å². The van der Waals surface area contributed by atoms with Crippen LogP contribution >= 0.6 is 0 Å². The summed E-state index contributed by atoms with van der Waals surface area (Å²) in [5.74, 6) is 0.622. The third kappa shape index (κ3) is 2.78. The van der Waals surface area contributed by atoms with E-state index in [1.807, 2.05) is 36.7 Å². The van der Waals surface area contributed by atoms with Crippen LogP contribution < -0.4 is 5.32 Å². The van der Waals surface area contributed by atoms with E-state index < -0.39 is 6.10 Å². The number of nitrogens with one attached hydrogen (secondary N) is 1. The molecular formula is C21H22N6O2. The molecule has 2 saturated carbocycles. The smallest absolute Gasteiger partial charge is 0.165 e. The summed E-state index contributed by atoms with van der Waals surface area (Å²) >= 11 is 0. The number of oxime groups is 1. The molecule has 3 aliphatic rings. The summed E-state index contributed by atoms with van der Waals surface area (Å²) in [6.45, 7) is 0. The Balaban J connectivity index is 1.35. The molecule has 0 amide bonds. The molecule has 0 saturated heterocycles. The first-order valence-corrected chi connectivity index (χ1v) is 10.2. The van der Waals surface area contributed by atoms with E-state index in [9.17, 15) is 5.11 Å². The van der Waals surface area contributed by atoms with Crippen molar-refractivity contribution in [2.45, 2.75) is 50.0 Å². The fraction of sp³-hybridized carbons (Fsp3) is 0.429. The molecule has 2 aliphatic carbocycles. The van der Waals surface area contributed by atoms with Crippen molar-refractivity contribution in [3.8, 4) is 0 Å².